The van der Waals surface area contributed by atoms with Gasteiger partial charge in [-0.3, -0.25) is 9.10 Å². The molecule has 0 bridgehead atoms. The average molecular weight is 590 g/mol. The molecule has 1 heterocycles. The number of hydrogen-bond acceptors (Lipinski definition) is 4. The van der Waals surface area contributed by atoms with E-state index >= 15 is 0 Å². The summed E-state index contributed by atoms with van der Waals surface area (Å²) in [5.41, 5.74) is 6.00. The maximum Gasteiger partial charge on any atom is 0.264 e. The molecule has 0 aliphatic heterocycles. The summed E-state index contributed by atoms with van der Waals surface area (Å²) in [4.78, 5) is 12.9. The number of sulfonamides is 1. The first-order valence-electron chi connectivity index (χ1n) is 11.4. The van der Waals surface area contributed by atoms with Crippen LogP contribution in [0.5, 0.6) is 0 Å². The normalized spacial score (nSPS) is 11.6. The number of hydrogen-bond donors (Lipinski definition) is 1. The predicted octanol–water partition coefficient (Wildman–Crippen LogP) is 6.40. The van der Waals surface area contributed by atoms with Gasteiger partial charge < -0.3 is 4.57 Å². The third-order valence-corrected chi connectivity index (χ3v) is 8.57. The van der Waals surface area contributed by atoms with Crippen molar-refractivity contribution in [2.75, 3.05) is 10.8 Å². The van der Waals surface area contributed by atoms with E-state index in [0.29, 0.717) is 5.02 Å². The lowest BCUT2D eigenvalue weighted by Crippen LogP contribution is -2.39. The van der Waals surface area contributed by atoms with Gasteiger partial charge in [-0.25, -0.2) is 13.8 Å². The molecule has 0 aliphatic rings. The van der Waals surface area contributed by atoms with Gasteiger partial charge in [0, 0.05) is 27.7 Å². The summed E-state index contributed by atoms with van der Waals surface area (Å²) in [6.07, 6.45) is 1.50. The molecule has 0 saturated heterocycles. The standard InChI is InChI=1S/C27H23Cl3N4O3S/c1-18-14-20(19(2)34(18)22-9-6-8-21(28)15-22)16-31-32-26(35)17-33(25-13-7-12-24(29)27(25)30)38(36,37)23-10-4-3-5-11-23/h3-16H,17H2,1-2H3,(H,32,35)/b31-16-. The quantitative estimate of drug-likeness (QED) is 0.191. The Bertz CT molecular complexity index is 1620. The third-order valence-electron chi connectivity index (χ3n) is 5.75. The average Bonchev–Trinajstić information content (AvgIpc) is 3.17. The molecule has 7 nitrogen and oxygen atoms in total. The van der Waals surface area contributed by atoms with E-state index in [2.05, 4.69) is 10.5 Å². The Hall–Kier alpha value is -3.30. The van der Waals surface area contributed by atoms with Crippen LogP contribution < -0.4 is 9.73 Å². The zero-order valence-corrected chi connectivity index (χ0v) is 23.5. The first-order chi connectivity index (χ1) is 18.1. The van der Waals surface area contributed by atoms with Crippen LogP contribution in [0, 0.1) is 13.8 Å². The van der Waals surface area contributed by atoms with E-state index in [1.54, 1.807) is 30.3 Å². The molecule has 0 aliphatic carbocycles. The van der Waals surface area contributed by atoms with Crippen molar-refractivity contribution >= 4 is 62.6 Å². The van der Waals surface area contributed by atoms with Crippen LogP contribution in [-0.2, 0) is 14.8 Å². The number of rotatable bonds is 8. The number of halogens is 3. The maximum atomic E-state index is 13.5. The molecule has 0 saturated carbocycles. The van der Waals surface area contributed by atoms with Gasteiger partial charge in [0.25, 0.3) is 15.9 Å². The number of aromatic nitrogens is 1. The van der Waals surface area contributed by atoms with Crippen molar-refractivity contribution in [1.29, 1.82) is 0 Å². The fourth-order valence-electron chi connectivity index (χ4n) is 3.97. The molecular formula is C27H23Cl3N4O3S. The lowest BCUT2D eigenvalue weighted by molar-refractivity contribution is -0.119. The van der Waals surface area contributed by atoms with Crippen molar-refractivity contribution in [1.82, 2.24) is 9.99 Å². The molecule has 4 rings (SSSR count). The van der Waals surface area contributed by atoms with Gasteiger partial charge in [0.15, 0.2) is 0 Å². The zero-order valence-electron chi connectivity index (χ0n) is 20.4. The molecule has 0 unspecified atom stereocenters. The number of nitrogens with one attached hydrogen (secondary N) is 1. The number of amides is 1. The van der Waals surface area contributed by atoms with Crippen molar-refractivity contribution < 1.29 is 13.2 Å². The van der Waals surface area contributed by atoms with E-state index in [1.165, 1.54) is 30.5 Å². The summed E-state index contributed by atoms with van der Waals surface area (Å²) in [6, 6.07) is 21.7. The highest BCUT2D eigenvalue weighted by Gasteiger charge is 2.29. The number of nitrogens with zero attached hydrogens (tertiary/aromatic N) is 3. The van der Waals surface area contributed by atoms with Crippen LogP contribution in [0.3, 0.4) is 0 Å². The maximum absolute atomic E-state index is 13.5. The van der Waals surface area contributed by atoms with Gasteiger partial charge in [-0.2, -0.15) is 5.10 Å². The van der Waals surface area contributed by atoms with Crippen molar-refractivity contribution in [3.63, 3.8) is 0 Å². The summed E-state index contributed by atoms with van der Waals surface area (Å²) < 4.78 is 29.9. The van der Waals surface area contributed by atoms with E-state index < -0.39 is 22.5 Å². The van der Waals surface area contributed by atoms with E-state index in [-0.39, 0.29) is 20.6 Å². The molecule has 0 atom stereocenters. The predicted molar refractivity (Wildman–Crippen MR) is 153 cm³/mol. The first kappa shape index (κ1) is 27.7. The fraction of sp³-hybridized carbons (Fsp3) is 0.111. The Kier molecular flexibility index (Phi) is 8.47. The van der Waals surface area contributed by atoms with Crippen LogP contribution in [0.2, 0.25) is 15.1 Å². The molecule has 0 radical (unpaired) electrons. The van der Waals surface area contributed by atoms with Gasteiger partial charge in [0.1, 0.15) is 6.54 Å². The van der Waals surface area contributed by atoms with Crippen LogP contribution in [0.4, 0.5) is 5.69 Å². The van der Waals surface area contributed by atoms with Crippen molar-refractivity contribution in [3.8, 4) is 5.69 Å². The minimum atomic E-state index is -4.15. The summed E-state index contributed by atoms with van der Waals surface area (Å²) >= 11 is 18.6. The second kappa shape index (κ2) is 11.6. The summed E-state index contributed by atoms with van der Waals surface area (Å²) in [6.45, 7) is 3.30. The van der Waals surface area contributed by atoms with Gasteiger partial charge in [0.05, 0.1) is 26.8 Å². The highest BCUT2D eigenvalue weighted by atomic mass is 35.5. The molecule has 0 fully saturated rings. The third kappa shape index (κ3) is 5.89. The number of hydrazone groups is 1. The lowest BCUT2D eigenvalue weighted by Gasteiger charge is -2.24. The minimum absolute atomic E-state index is 0.000739. The molecule has 38 heavy (non-hydrogen) atoms. The lowest BCUT2D eigenvalue weighted by atomic mass is 10.2. The number of anilines is 1. The Morgan fingerprint density at radius 2 is 1.68 bits per heavy atom. The van der Waals surface area contributed by atoms with Gasteiger partial charge in [-0.05, 0) is 62.4 Å². The topological polar surface area (TPSA) is 83.8 Å². The molecule has 4 aromatic rings. The SMILES string of the molecule is Cc1cc(/C=N\NC(=O)CN(c2cccc(Cl)c2Cl)S(=O)(=O)c2ccccc2)c(C)n1-c1cccc(Cl)c1. The summed E-state index contributed by atoms with van der Waals surface area (Å²) in [7, 11) is -4.15. The van der Waals surface area contributed by atoms with E-state index in [1.807, 2.05) is 42.7 Å². The molecule has 1 amide bonds. The van der Waals surface area contributed by atoms with Crippen LogP contribution in [0.15, 0.2) is 88.9 Å². The Labute approximate surface area is 236 Å². The van der Waals surface area contributed by atoms with Gasteiger partial charge in [-0.15, -0.1) is 0 Å². The molecule has 1 N–H and O–H groups in total. The molecular weight excluding hydrogens is 567 g/mol. The number of benzene rings is 3. The highest BCUT2D eigenvalue weighted by Crippen LogP contribution is 2.35. The minimum Gasteiger partial charge on any atom is -0.318 e. The van der Waals surface area contributed by atoms with Crippen molar-refractivity contribution in [3.05, 3.63) is 111 Å². The van der Waals surface area contributed by atoms with Crippen molar-refractivity contribution in [2.45, 2.75) is 18.7 Å². The first-order valence-corrected chi connectivity index (χ1v) is 14.0. The highest BCUT2D eigenvalue weighted by molar-refractivity contribution is 7.92. The number of aryl methyl sites for hydroxylation is 1. The Morgan fingerprint density at radius 3 is 2.39 bits per heavy atom. The van der Waals surface area contributed by atoms with Crippen LogP contribution in [-0.4, -0.2) is 31.7 Å². The summed E-state index contributed by atoms with van der Waals surface area (Å²) in [5, 5.41) is 4.85. The largest absolute Gasteiger partial charge is 0.318 e. The molecule has 0 spiro atoms. The molecule has 196 valence electrons. The van der Waals surface area contributed by atoms with E-state index in [4.69, 9.17) is 34.8 Å². The summed E-state index contributed by atoms with van der Waals surface area (Å²) in [5.74, 6) is -0.666. The van der Waals surface area contributed by atoms with E-state index in [9.17, 15) is 13.2 Å². The number of carbonyl (C=O) groups is 1. The Morgan fingerprint density at radius 1 is 0.974 bits per heavy atom. The van der Waals surface area contributed by atoms with Crippen LogP contribution in [0.1, 0.15) is 17.0 Å². The van der Waals surface area contributed by atoms with E-state index in [0.717, 1.165) is 26.9 Å². The molecule has 1 aromatic heterocycles. The smallest absolute Gasteiger partial charge is 0.264 e. The van der Waals surface area contributed by atoms with Gasteiger partial charge in [-0.1, -0.05) is 65.1 Å². The Balaban J connectivity index is 1.58. The second-order valence-corrected chi connectivity index (χ2v) is 11.4. The molecule has 11 heteroatoms. The second-order valence-electron chi connectivity index (χ2n) is 8.33. The monoisotopic (exact) mass is 588 g/mol. The van der Waals surface area contributed by atoms with Gasteiger partial charge >= 0.3 is 0 Å². The molecule has 3 aromatic carbocycles. The van der Waals surface area contributed by atoms with Crippen LogP contribution >= 0.6 is 34.8 Å². The van der Waals surface area contributed by atoms with Crippen LogP contribution in [0.25, 0.3) is 5.69 Å². The van der Waals surface area contributed by atoms with Crippen molar-refractivity contribution in [2.24, 2.45) is 5.10 Å². The van der Waals surface area contributed by atoms with Gasteiger partial charge in [0.2, 0.25) is 0 Å². The zero-order chi connectivity index (χ0) is 27.4. The number of carbonyl (C=O) groups excluding carboxylic acids is 1. The fourth-order valence-corrected chi connectivity index (χ4v) is 6.06.